The number of aromatic nitrogens is 3. The van der Waals surface area contributed by atoms with E-state index in [1.807, 2.05) is 4.90 Å². The molecule has 2 unspecified atom stereocenters. The number of rotatable bonds is 8. The molecule has 4 rings (SSSR count). The van der Waals surface area contributed by atoms with Gasteiger partial charge in [-0.3, -0.25) is 19.6 Å². The molecule has 11 heteroatoms. The molecule has 35 heavy (non-hydrogen) atoms. The van der Waals surface area contributed by atoms with Crippen LogP contribution in [-0.2, 0) is 14.3 Å². The van der Waals surface area contributed by atoms with Crippen molar-refractivity contribution >= 4 is 47.1 Å². The number of esters is 1. The third kappa shape index (κ3) is 6.36. The fraction of sp³-hybridized carbons (Fsp3) is 0.458. The van der Waals surface area contributed by atoms with Crippen LogP contribution in [0.25, 0.3) is 6.08 Å². The topological polar surface area (TPSA) is 105 Å². The second-order valence-corrected chi connectivity index (χ2v) is 9.85. The number of hydrogen-bond acceptors (Lipinski definition) is 8. The maximum absolute atomic E-state index is 14.8. The maximum atomic E-state index is 14.8. The lowest BCUT2D eigenvalue weighted by Crippen LogP contribution is -2.43. The van der Waals surface area contributed by atoms with Gasteiger partial charge >= 0.3 is 5.97 Å². The Morgan fingerprint density at radius 1 is 1.29 bits per heavy atom. The summed E-state index contributed by atoms with van der Waals surface area (Å²) in [7, 11) is 0. The Morgan fingerprint density at radius 3 is 2.69 bits per heavy atom. The SMILES string of the molecule is CCOC(=O)c1[nH]nnc1/C=C1\CN(C(C(=O)C2CC2)c2ccccc2F)CCC1SC(C)=O.Cl. The van der Waals surface area contributed by atoms with Crippen LogP contribution >= 0.6 is 24.2 Å². The molecule has 0 spiro atoms. The van der Waals surface area contributed by atoms with E-state index in [2.05, 4.69) is 15.4 Å². The molecule has 1 aliphatic heterocycles. The van der Waals surface area contributed by atoms with Crippen LogP contribution in [0.4, 0.5) is 4.39 Å². The van der Waals surface area contributed by atoms with Crippen LogP contribution in [0.15, 0.2) is 29.8 Å². The van der Waals surface area contributed by atoms with Gasteiger partial charge in [-0.2, -0.15) is 0 Å². The number of nitrogens with zero attached hydrogens (tertiary/aromatic N) is 3. The number of likely N-dealkylation sites (tertiary alicyclic amines) is 1. The summed E-state index contributed by atoms with van der Waals surface area (Å²) in [6, 6.07) is 5.68. The van der Waals surface area contributed by atoms with Crippen molar-refractivity contribution in [1.82, 2.24) is 20.3 Å². The number of thioether (sulfide) groups is 1. The molecule has 2 aliphatic rings. The van der Waals surface area contributed by atoms with Gasteiger partial charge in [-0.05, 0) is 43.9 Å². The monoisotopic (exact) mass is 522 g/mol. The Morgan fingerprint density at radius 2 is 2.03 bits per heavy atom. The predicted octanol–water partition coefficient (Wildman–Crippen LogP) is 4.00. The number of H-pyrrole nitrogens is 1. The maximum Gasteiger partial charge on any atom is 0.358 e. The number of Topliss-reactive ketones (excluding diaryl/α,β-unsaturated/α-hetero) is 1. The van der Waals surface area contributed by atoms with E-state index in [4.69, 9.17) is 4.74 Å². The van der Waals surface area contributed by atoms with Gasteiger partial charge < -0.3 is 4.74 Å². The number of piperidine rings is 1. The van der Waals surface area contributed by atoms with E-state index in [-0.39, 0.29) is 46.8 Å². The molecule has 8 nitrogen and oxygen atoms in total. The average molecular weight is 523 g/mol. The van der Waals surface area contributed by atoms with E-state index < -0.39 is 17.8 Å². The molecule has 1 saturated carbocycles. The standard InChI is InChI=1S/C24H27FN4O4S.ClH/c1-3-33-24(32)21-19(26-28-27-21)12-16-13-29(11-10-20(16)34-14(2)30)22(23(31)15-8-9-15)17-6-4-5-7-18(17)25;/h4-7,12,15,20,22H,3,8-11,13H2,1-2H3,(H,26,27,28);1H/b16-12+;. The predicted molar refractivity (Wildman–Crippen MR) is 133 cm³/mol. The van der Waals surface area contributed by atoms with Crippen LogP contribution in [-0.4, -0.2) is 62.1 Å². The zero-order chi connectivity index (χ0) is 24.2. The molecule has 1 saturated heterocycles. The molecule has 1 aromatic heterocycles. The fourth-order valence-electron chi connectivity index (χ4n) is 4.26. The number of benzene rings is 1. The molecule has 0 bridgehead atoms. The van der Waals surface area contributed by atoms with Crippen molar-refractivity contribution in [2.24, 2.45) is 5.92 Å². The number of ketones is 1. The minimum atomic E-state index is -0.706. The lowest BCUT2D eigenvalue weighted by Gasteiger charge is -2.38. The summed E-state index contributed by atoms with van der Waals surface area (Å²) in [5.74, 6) is -1.01. The largest absolute Gasteiger partial charge is 0.461 e. The summed E-state index contributed by atoms with van der Waals surface area (Å²) >= 11 is 1.20. The minimum Gasteiger partial charge on any atom is -0.461 e. The van der Waals surface area contributed by atoms with Gasteiger partial charge in [-0.25, -0.2) is 9.18 Å². The van der Waals surface area contributed by atoms with Crippen LogP contribution in [0.3, 0.4) is 0 Å². The van der Waals surface area contributed by atoms with Crippen LogP contribution in [0.5, 0.6) is 0 Å². The van der Waals surface area contributed by atoms with Crippen LogP contribution < -0.4 is 0 Å². The molecule has 2 heterocycles. The van der Waals surface area contributed by atoms with Gasteiger partial charge in [0.2, 0.25) is 0 Å². The highest BCUT2D eigenvalue weighted by Gasteiger charge is 2.41. The summed E-state index contributed by atoms with van der Waals surface area (Å²) < 4.78 is 19.9. The van der Waals surface area contributed by atoms with Crippen molar-refractivity contribution in [3.63, 3.8) is 0 Å². The van der Waals surface area contributed by atoms with Crippen LogP contribution in [0, 0.1) is 11.7 Å². The molecule has 0 amide bonds. The molecule has 1 N–H and O–H groups in total. The van der Waals surface area contributed by atoms with Gasteiger partial charge in [0.15, 0.2) is 16.6 Å². The zero-order valence-corrected chi connectivity index (χ0v) is 21.2. The van der Waals surface area contributed by atoms with Gasteiger partial charge in [0.1, 0.15) is 11.5 Å². The first-order chi connectivity index (χ1) is 16.4. The van der Waals surface area contributed by atoms with Crippen molar-refractivity contribution < 1.29 is 23.5 Å². The van der Waals surface area contributed by atoms with Crippen molar-refractivity contribution in [3.8, 4) is 0 Å². The molecule has 0 radical (unpaired) electrons. The number of nitrogens with one attached hydrogen (secondary N) is 1. The fourth-order valence-corrected chi connectivity index (χ4v) is 5.18. The van der Waals surface area contributed by atoms with E-state index in [1.54, 1.807) is 31.2 Å². The Labute approximate surface area is 213 Å². The minimum absolute atomic E-state index is 0. The number of halogens is 2. The summed E-state index contributed by atoms with van der Waals surface area (Å²) in [4.78, 5) is 39.4. The van der Waals surface area contributed by atoms with Gasteiger partial charge in [0.25, 0.3) is 0 Å². The molecule has 1 aromatic carbocycles. The van der Waals surface area contributed by atoms with E-state index in [9.17, 15) is 18.8 Å². The first-order valence-corrected chi connectivity index (χ1v) is 12.2. The highest BCUT2D eigenvalue weighted by molar-refractivity contribution is 8.14. The first-order valence-electron chi connectivity index (χ1n) is 11.4. The van der Waals surface area contributed by atoms with Crippen molar-refractivity contribution in [2.45, 2.75) is 44.4 Å². The lowest BCUT2D eigenvalue weighted by atomic mass is 9.93. The van der Waals surface area contributed by atoms with E-state index in [0.717, 1.165) is 18.4 Å². The molecular weight excluding hydrogens is 495 g/mol. The number of hydrogen-bond donors (Lipinski definition) is 1. The van der Waals surface area contributed by atoms with Gasteiger partial charge in [0.05, 0.1) is 12.6 Å². The first kappa shape index (κ1) is 27.0. The summed E-state index contributed by atoms with van der Waals surface area (Å²) in [6.07, 6.45) is 3.96. The Balaban J connectivity index is 0.00000342. The second-order valence-electron chi connectivity index (χ2n) is 8.47. The van der Waals surface area contributed by atoms with E-state index in [0.29, 0.717) is 30.8 Å². The second kappa shape index (κ2) is 11.9. The quantitative estimate of drug-likeness (QED) is 0.519. The molecule has 1 aliphatic carbocycles. The van der Waals surface area contributed by atoms with Crippen molar-refractivity contribution in [3.05, 3.63) is 52.6 Å². The highest BCUT2D eigenvalue weighted by Crippen LogP contribution is 2.40. The molecular formula is C24H28ClFN4O4S. The molecule has 188 valence electrons. The van der Waals surface area contributed by atoms with Gasteiger partial charge in [0, 0.05) is 36.7 Å². The Hall–Kier alpha value is -2.56. The number of carbonyl (C=O) groups excluding carboxylic acids is 3. The number of ether oxygens (including phenoxy) is 1. The number of aromatic amines is 1. The summed E-state index contributed by atoms with van der Waals surface area (Å²) in [6.45, 7) is 4.28. The van der Waals surface area contributed by atoms with Gasteiger partial charge in [-0.1, -0.05) is 35.2 Å². The Kier molecular flexibility index (Phi) is 9.21. The van der Waals surface area contributed by atoms with Crippen LogP contribution in [0.2, 0.25) is 0 Å². The highest BCUT2D eigenvalue weighted by atomic mass is 35.5. The number of carbonyl (C=O) groups is 3. The van der Waals surface area contributed by atoms with Gasteiger partial charge in [-0.15, -0.1) is 17.5 Å². The van der Waals surface area contributed by atoms with E-state index >= 15 is 0 Å². The van der Waals surface area contributed by atoms with Crippen molar-refractivity contribution in [2.75, 3.05) is 19.7 Å². The van der Waals surface area contributed by atoms with Crippen LogP contribution in [0.1, 0.15) is 60.9 Å². The molecule has 2 aromatic rings. The third-order valence-electron chi connectivity index (χ3n) is 5.98. The third-order valence-corrected chi connectivity index (χ3v) is 7.13. The summed E-state index contributed by atoms with van der Waals surface area (Å²) in [5.41, 5.74) is 1.61. The summed E-state index contributed by atoms with van der Waals surface area (Å²) in [5, 5.41) is 10.1. The average Bonchev–Trinajstić information content (AvgIpc) is 3.55. The lowest BCUT2D eigenvalue weighted by molar-refractivity contribution is -0.126. The molecule has 2 atom stereocenters. The zero-order valence-electron chi connectivity index (χ0n) is 19.5. The smallest absolute Gasteiger partial charge is 0.358 e. The molecule has 2 fully saturated rings. The Bertz CT molecular complexity index is 1120. The normalized spacial score (nSPS) is 20.2. The van der Waals surface area contributed by atoms with E-state index in [1.165, 1.54) is 24.8 Å². The van der Waals surface area contributed by atoms with Crippen molar-refractivity contribution in [1.29, 1.82) is 0 Å².